The molecule has 100 valence electrons. The molecule has 0 aromatic heterocycles. The molecule has 0 amide bonds. The fourth-order valence-corrected chi connectivity index (χ4v) is 2.08. The van der Waals surface area contributed by atoms with E-state index in [9.17, 15) is 4.39 Å². The molecule has 0 spiro atoms. The average molecular weight is 257 g/mol. The lowest BCUT2D eigenvalue weighted by Gasteiger charge is -2.15. The van der Waals surface area contributed by atoms with Crippen LogP contribution in [0, 0.1) is 19.7 Å². The van der Waals surface area contributed by atoms with Crippen molar-refractivity contribution in [1.82, 2.24) is 5.32 Å². The predicted octanol–water partition coefficient (Wildman–Crippen LogP) is 4.29. The van der Waals surface area contributed by atoms with E-state index in [0.29, 0.717) is 0 Å². The second-order valence-corrected chi connectivity index (χ2v) is 5.08. The molecule has 0 saturated heterocycles. The van der Waals surface area contributed by atoms with Crippen LogP contribution in [0.3, 0.4) is 0 Å². The summed E-state index contributed by atoms with van der Waals surface area (Å²) in [6.45, 7) is 7.07. The lowest BCUT2D eigenvalue weighted by Crippen LogP contribution is -2.18. The molecule has 0 saturated carbocycles. The maximum atomic E-state index is 13.2. The third-order valence-corrected chi connectivity index (χ3v) is 3.53. The van der Waals surface area contributed by atoms with Crippen molar-refractivity contribution >= 4 is 0 Å². The van der Waals surface area contributed by atoms with Crippen LogP contribution in [0.2, 0.25) is 0 Å². The van der Waals surface area contributed by atoms with E-state index in [1.807, 2.05) is 6.07 Å². The van der Waals surface area contributed by atoms with Gasteiger partial charge in [0.15, 0.2) is 0 Å². The van der Waals surface area contributed by atoms with Crippen molar-refractivity contribution in [3.05, 3.63) is 70.5 Å². The summed E-state index contributed by atoms with van der Waals surface area (Å²) in [5, 5.41) is 3.42. The highest BCUT2D eigenvalue weighted by Crippen LogP contribution is 2.15. The third kappa shape index (κ3) is 3.65. The molecule has 2 aromatic carbocycles. The summed E-state index contributed by atoms with van der Waals surface area (Å²) in [4.78, 5) is 0. The smallest absolute Gasteiger partial charge is 0.123 e. The van der Waals surface area contributed by atoms with Crippen LogP contribution in [0.4, 0.5) is 4.39 Å². The van der Waals surface area contributed by atoms with E-state index in [-0.39, 0.29) is 11.9 Å². The van der Waals surface area contributed by atoms with E-state index < -0.39 is 0 Å². The summed E-state index contributed by atoms with van der Waals surface area (Å²) in [7, 11) is 0. The Balaban J connectivity index is 2.00. The molecular weight excluding hydrogens is 237 g/mol. The van der Waals surface area contributed by atoms with E-state index in [0.717, 1.165) is 12.1 Å². The van der Waals surface area contributed by atoms with Crippen LogP contribution in [0.15, 0.2) is 42.5 Å². The molecule has 0 heterocycles. The maximum Gasteiger partial charge on any atom is 0.123 e. The number of aryl methyl sites for hydroxylation is 2. The summed E-state index contributed by atoms with van der Waals surface area (Å²) >= 11 is 0. The van der Waals surface area contributed by atoms with Crippen molar-refractivity contribution in [2.45, 2.75) is 33.4 Å². The topological polar surface area (TPSA) is 12.0 Å². The van der Waals surface area contributed by atoms with E-state index >= 15 is 0 Å². The van der Waals surface area contributed by atoms with Gasteiger partial charge in [-0.15, -0.1) is 0 Å². The van der Waals surface area contributed by atoms with Gasteiger partial charge in [-0.3, -0.25) is 0 Å². The minimum absolute atomic E-state index is 0.136. The number of hydrogen-bond donors (Lipinski definition) is 1. The van der Waals surface area contributed by atoms with Crippen molar-refractivity contribution < 1.29 is 4.39 Å². The van der Waals surface area contributed by atoms with Gasteiger partial charge < -0.3 is 5.32 Å². The first kappa shape index (κ1) is 13.8. The Labute approximate surface area is 114 Å². The summed E-state index contributed by atoms with van der Waals surface area (Å²) in [6.07, 6.45) is 0. The van der Waals surface area contributed by atoms with Crippen LogP contribution < -0.4 is 5.32 Å². The highest BCUT2D eigenvalue weighted by atomic mass is 19.1. The third-order valence-electron chi connectivity index (χ3n) is 3.53. The van der Waals surface area contributed by atoms with Crippen molar-refractivity contribution in [3.8, 4) is 0 Å². The Morgan fingerprint density at radius 2 is 1.84 bits per heavy atom. The molecule has 2 heteroatoms. The Kier molecular flexibility index (Phi) is 4.33. The molecule has 0 fully saturated rings. The van der Waals surface area contributed by atoms with Gasteiger partial charge >= 0.3 is 0 Å². The summed E-state index contributed by atoms with van der Waals surface area (Å²) < 4.78 is 13.2. The van der Waals surface area contributed by atoms with E-state index in [4.69, 9.17) is 0 Å². The molecule has 19 heavy (non-hydrogen) atoms. The summed E-state index contributed by atoms with van der Waals surface area (Å²) in [6, 6.07) is 13.3. The molecule has 0 radical (unpaired) electrons. The van der Waals surface area contributed by atoms with Gasteiger partial charge in [0.2, 0.25) is 0 Å². The molecular formula is C17H20FN. The zero-order valence-corrected chi connectivity index (χ0v) is 11.7. The first-order valence-corrected chi connectivity index (χ1v) is 6.61. The van der Waals surface area contributed by atoms with Gasteiger partial charge in [0.25, 0.3) is 0 Å². The normalized spacial score (nSPS) is 12.4. The van der Waals surface area contributed by atoms with Crippen molar-refractivity contribution in [3.63, 3.8) is 0 Å². The maximum absolute atomic E-state index is 13.2. The lowest BCUT2D eigenvalue weighted by atomic mass is 10.1. The summed E-state index contributed by atoms with van der Waals surface area (Å²) in [5.41, 5.74) is 4.84. The van der Waals surface area contributed by atoms with E-state index in [1.165, 1.54) is 22.8 Å². The predicted molar refractivity (Wildman–Crippen MR) is 77.6 cm³/mol. The van der Waals surface area contributed by atoms with Crippen LogP contribution in [0.1, 0.15) is 35.2 Å². The molecule has 0 bridgehead atoms. The fraction of sp³-hybridized carbons (Fsp3) is 0.294. The molecule has 0 aliphatic carbocycles. The van der Waals surface area contributed by atoms with Crippen LogP contribution in [-0.2, 0) is 6.54 Å². The number of hydrogen-bond acceptors (Lipinski definition) is 1. The zero-order valence-electron chi connectivity index (χ0n) is 11.7. The number of benzene rings is 2. The highest BCUT2D eigenvalue weighted by Gasteiger charge is 2.06. The average Bonchev–Trinajstić information content (AvgIpc) is 2.40. The molecule has 1 atom stereocenters. The van der Waals surface area contributed by atoms with Crippen LogP contribution in [0.25, 0.3) is 0 Å². The minimum Gasteiger partial charge on any atom is -0.306 e. The monoisotopic (exact) mass is 257 g/mol. The molecule has 2 aromatic rings. The van der Waals surface area contributed by atoms with Gasteiger partial charge in [-0.05, 0) is 55.2 Å². The Bertz CT molecular complexity index is 563. The summed E-state index contributed by atoms with van der Waals surface area (Å²) in [5.74, 6) is -0.183. The second kappa shape index (κ2) is 5.98. The fourth-order valence-electron chi connectivity index (χ4n) is 2.08. The molecule has 2 rings (SSSR count). The molecule has 0 aliphatic rings. The molecule has 1 N–H and O–H groups in total. The molecule has 1 unspecified atom stereocenters. The van der Waals surface area contributed by atoms with Gasteiger partial charge in [-0.25, -0.2) is 4.39 Å². The molecule has 0 aliphatic heterocycles. The first-order valence-electron chi connectivity index (χ1n) is 6.61. The van der Waals surface area contributed by atoms with Gasteiger partial charge in [-0.2, -0.15) is 0 Å². The minimum atomic E-state index is -0.183. The largest absolute Gasteiger partial charge is 0.306 e. The van der Waals surface area contributed by atoms with Crippen LogP contribution in [-0.4, -0.2) is 0 Å². The Morgan fingerprint density at radius 3 is 2.53 bits per heavy atom. The van der Waals surface area contributed by atoms with Crippen molar-refractivity contribution in [1.29, 1.82) is 0 Å². The van der Waals surface area contributed by atoms with Crippen molar-refractivity contribution in [2.75, 3.05) is 0 Å². The van der Waals surface area contributed by atoms with E-state index in [2.05, 4.69) is 44.3 Å². The number of halogens is 1. The van der Waals surface area contributed by atoms with Crippen LogP contribution >= 0.6 is 0 Å². The SMILES string of the molecule is Cc1ccc(CNC(C)c2cccc(F)c2)cc1C. The van der Waals surface area contributed by atoms with Gasteiger partial charge in [0.1, 0.15) is 5.82 Å². The Morgan fingerprint density at radius 1 is 1.05 bits per heavy atom. The number of rotatable bonds is 4. The van der Waals surface area contributed by atoms with Gasteiger partial charge in [0.05, 0.1) is 0 Å². The second-order valence-electron chi connectivity index (χ2n) is 5.08. The first-order chi connectivity index (χ1) is 9.06. The quantitative estimate of drug-likeness (QED) is 0.861. The standard InChI is InChI=1S/C17H20FN/c1-12-7-8-15(9-13(12)2)11-19-14(3)16-5-4-6-17(18)10-16/h4-10,14,19H,11H2,1-3H3. The van der Waals surface area contributed by atoms with E-state index in [1.54, 1.807) is 12.1 Å². The molecule has 1 nitrogen and oxygen atoms in total. The van der Waals surface area contributed by atoms with Crippen LogP contribution in [0.5, 0.6) is 0 Å². The van der Waals surface area contributed by atoms with Gasteiger partial charge in [-0.1, -0.05) is 30.3 Å². The van der Waals surface area contributed by atoms with Gasteiger partial charge in [0, 0.05) is 12.6 Å². The lowest BCUT2D eigenvalue weighted by molar-refractivity contribution is 0.565. The zero-order chi connectivity index (χ0) is 13.8. The highest BCUT2D eigenvalue weighted by molar-refractivity contribution is 5.30. The van der Waals surface area contributed by atoms with Crippen molar-refractivity contribution in [2.24, 2.45) is 0 Å². The number of nitrogens with one attached hydrogen (secondary N) is 1. The Hall–Kier alpha value is -1.67.